The Morgan fingerprint density at radius 2 is 1.65 bits per heavy atom. The van der Waals surface area contributed by atoms with Gasteiger partial charge in [-0.3, -0.25) is 4.79 Å². The Kier molecular flexibility index (Phi) is 9.15. The van der Waals surface area contributed by atoms with Crippen LogP contribution in [0.15, 0.2) is 36.4 Å². The first-order chi connectivity index (χ1) is 16.4. The molecular formula is C27H29F2NO4. The minimum Gasteiger partial charge on any atom is -0.426 e. The second-order valence-electron chi connectivity index (χ2n) is 8.75. The van der Waals surface area contributed by atoms with Gasteiger partial charge in [-0.05, 0) is 68.0 Å². The van der Waals surface area contributed by atoms with Crippen LogP contribution in [0.3, 0.4) is 0 Å². The van der Waals surface area contributed by atoms with Gasteiger partial charge in [0, 0.05) is 0 Å². The second kappa shape index (κ2) is 12.3. The minimum atomic E-state index is -1.41. The van der Waals surface area contributed by atoms with E-state index in [2.05, 4.69) is 6.92 Å². The highest BCUT2D eigenvalue weighted by Crippen LogP contribution is 2.33. The molecule has 0 aromatic heterocycles. The van der Waals surface area contributed by atoms with Crippen molar-refractivity contribution in [3.05, 3.63) is 59.2 Å². The molecule has 0 heterocycles. The summed E-state index contributed by atoms with van der Waals surface area (Å²) in [6.45, 7) is 2.21. The van der Waals surface area contributed by atoms with Gasteiger partial charge in [-0.25, -0.2) is 9.18 Å². The summed E-state index contributed by atoms with van der Waals surface area (Å²) in [4.78, 5) is 24.8. The van der Waals surface area contributed by atoms with Crippen LogP contribution in [0.1, 0.15) is 80.6 Å². The van der Waals surface area contributed by atoms with E-state index in [9.17, 15) is 18.4 Å². The van der Waals surface area contributed by atoms with Crippen LogP contribution in [0.4, 0.5) is 8.78 Å². The molecule has 0 aliphatic heterocycles. The fourth-order valence-electron chi connectivity index (χ4n) is 4.26. The first kappa shape index (κ1) is 25.4. The van der Waals surface area contributed by atoms with Crippen molar-refractivity contribution in [1.29, 1.82) is 5.26 Å². The van der Waals surface area contributed by atoms with Crippen molar-refractivity contribution >= 4 is 11.9 Å². The van der Waals surface area contributed by atoms with Gasteiger partial charge in [-0.1, -0.05) is 39.0 Å². The van der Waals surface area contributed by atoms with Crippen LogP contribution in [0.25, 0.3) is 0 Å². The Morgan fingerprint density at radius 1 is 0.941 bits per heavy atom. The standard InChI is InChI=1S/C27H29F2NO4/c1-2-3-4-5-6-18-7-9-19(10-8-18)26(31)33-22-14-11-20(12-15-22)27(32)34-23-16-13-21(17-30)24(28)25(23)29/h11-16,18-19H,2-10H2,1H3/t18-,19-. The molecule has 2 aromatic rings. The fraction of sp³-hybridized carbons (Fsp3) is 0.444. The lowest BCUT2D eigenvalue weighted by molar-refractivity contribution is -0.140. The summed E-state index contributed by atoms with van der Waals surface area (Å²) >= 11 is 0. The maximum atomic E-state index is 14.0. The fourth-order valence-corrected chi connectivity index (χ4v) is 4.26. The van der Waals surface area contributed by atoms with Gasteiger partial charge >= 0.3 is 11.9 Å². The van der Waals surface area contributed by atoms with Crippen LogP contribution < -0.4 is 9.47 Å². The predicted octanol–water partition coefficient (Wildman–Crippen LogP) is 6.74. The van der Waals surface area contributed by atoms with Gasteiger partial charge < -0.3 is 9.47 Å². The molecule has 1 aliphatic rings. The number of nitriles is 1. The maximum absolute atomic E-state index is 14.0. The normalized spacial score (nSPS) is 17.6. The van der Waals surface area contributed by atoms with Crippen molar-refractivity contribution in [1.82, 2.24) is 0 Å². The maximum Gasteiger partial charge on any atom is 0.343 e. The number of ether oxygens (including phenoxy) is 2. The van der Waals surface area contributed by atoms with Crippen molar-refractivity contribution in [2.24, 2.45) is 11.8 Å². The average molecular weight is 470 g/mol. The molecule has 0 N–H and O–H groups in total. The first-order valence-electron chi connectivity index (χ1n) is 11.8. The van der Waals surface area contributed by atoms with Crippen molar-refractivity contribution < 1.29 is 27.8 Å². The summed E-state index contributed by atoms with van der Waals surface area (Å²) in [6.07, 6.45) is 10.0. The van der Waals surface area contributed by atoms with Gasteiger partial charge in [0.25, 0.3) is 0 Å². The smallest absolute Gasteiger partial charge is 0.343 e. The number of carbonyl (C=O) groups is 2. The lowest BCUT2D eigenvalue weighted by atomic mass is 9.80. The number of rotatable bonds is 9. The molecule has 180 valence electrons. The third kappa shape index (κ3) is 6.63. The van der Waals surface area contributed by atoms with Crippen LogP contribution >= 0.6 is 0 Å². The molecule has 3 rings (SSSR count). The van der Waals surface area contributed by atoms with Crippen molar-refractivity contribution in [3.8, 4) is 17.6 Å². The number of halogens is 2. The highest BCUT2D eigenvalue weighted by Gasteiger charge is 2.27. The number of esters is 2. The van der Waals surface area contributed by atoms with Gasteiger partial charge in [0.2, 0.25) is 5.82 Å². The molecule has 1 fully saturated rings. The van der Waals surface area contributed by atoms with E-state index in [4.69, 9.17) is 14.7 Å². The highest BCUT2D eigenvalue weighted by molar-refractivity contribution is 5.91. The van der Waals surface area contributed by atoms with Crippen LogP contribution in [-0.4, -0.2) is 11.9 Å². The van der Waals surface area contributed by atoms with E-state index in [-0.39, 0.29) is 17.5 Å². The predicted molar refractivity (Wildman–Crippen MR) is 122 cm³/mol. The Bertz CT molecular complexity index is 1040. The highest BCUT2D eigenvalue weighted by atomic mass is 19.2. The summed E-state index contributed by atoms with van der Waals surface area (Å²) < 4.78 is 38.1. The van der Waals surface area contributed by atoms with E-state index < -0.39 is 28.9 Å². The summed E-state index contributed by atoms with van der Waals surface area (Å²) in [6, 6.07) is 9.25. The zero-order valence-electron chi connectivity index (χ0n) is 19.3. The summed E-state index contributed by atoms with van der Waals surface area (Å²) in [7, 11) is 0. The number of hydrogen-bond acceptors (Lipinski definition) is 5. The van der Waals surface area contributed by atoms with Gasteiger partial charge in [0.1, 0.15) is 11.8 Å². The molecule has 0 bridgehead atoms. The number of unbranched alkanes of at least 4 members (excludes halogenated alkanes) is 3. The molecule has 0 unspecified atom stereocenters. The molecule has 5 nitrogen and oxygen atoms in total. The molecule has 1 saturated carbocycles. The Hall–Kier alpha value is -3.27. The van der Waals surface area contributed by atoms with Crippen molar-refractivity contribution in [3.63, 3.8) is 0 Å². The molecule has 0 atom stereocenters. The van der Waals surface area contributed by atoms with Crippen LogP contribution in [0, 0.1) is 34.8 Å². The van der Waals surface area contributed by atoms with E-state index in [1.54, 1.807) is 0 Å². The third-order valence-corrected chi connectivity index (χ3v) is 6.32. The lowest BCUT2D eigenvalue weighted by Gasteiger charge is -2.27. The molecule has 1 aliphatic carbocycles. The molecule has 2 aromatic carbocycles. The summed E-state index contributed by atoms with van der Waals surface area (Å²) in [5, 5.41) is 8.72. The van der Waals surface area contributed by atoms with Crippen molar-refractivity contribution in [2.75, 3.05) is 0 Å². The third-order valence-electron chi connectivity index (χ3n) is 6.32. The van der Waals surface area contributed by atoms with Crippen LogP contribution in [0.2, 0.25) is 0 Å². The number of benzene rings is 2. The SMILES string of the molecule is CCCCCC[C@H]1CC[C@H](C(=O)Oc2ccc(C(=O)Oc3ccc(C#N)c(F)c3F)cc2)CC1. The first-order valence-corrected chi connectivity index (χ1v) is 11.8. The summed E-state index contributed by atoms with van der Waals surface area (Å²) in [5.41, 5.74) is -0.406. The molecule has 7 heteroatoms. The Labute approximate surface area is 198 Å². The van der Waals surface area contributed by atoms with E-state index >= 15 is 0 Å². The molecule has 0 spiro atoms. The lowest BCUT2D eigenvalue weighted by Crippen LogP contribution is -2.25. The average Bonchev–Trinajstić information content (AvgIpc) is 2.85. The minimum absolute atomic E-state index is 0.0764. The van der Waals surface area contributed by atoms with Crippen LogP contribution in [0.5, 0.6) is 11.5 Å². The number of carbonyl (C=O) groups excluding carboxylic acids is 2. The number of nitrogens with zero attached hydrogens (tertiary/aromatic N) is 1. The monoisotopic (exact) mass is 469 g/mol. The van der Waals surface area contributed by atoms with Gasteiger partial charge in [-0.15, -0.1) is 0 Å². The van der Waals surface area contributed by atoms with Gasteiger partial charge in [0.15, 0.2) is 11.6 Å². The van der Waals surface area contributed by atoms with E-state index in [1.165, 1.54) is 62.4 Å². The molecule has 34 heavy (non-hydrogen) atoms. The van der Waals surface area contributed by atoms with Gasteiger partial charge in [0.05, 0.1) is 17.0 Å². The Balaban J connectivity index is 1.49. The topological polar surface area (TPSA) is 76.4 Å². The van der Waals surface area contributed by atoms with E-state index in [0.717, 1.165) is 37.8 Å². The number of hydrogen-bond donors (Lipinski definition) is 0. The van der Waals surface area contributed by atoms with Crippen molar-refractivity contribution in [2.45, 2.75) is 64.7 Å². The molecule has 0 saturated heterocycles. The molecular weight excluding hydrogens is 440 g/mol. The second-order valence-corrected chi connectivity index (χ2v) is 8.75. The summed E-state index contributed by atoms with van der Waals surface area (Å²) in [5.74, 6) is -3.69. The van der Waals surface area contributed by atoms with E-state index in [1.807, 2.05) is 0 Å². The zero-order valence-corrected chi connectivity index (χ0v) is 19.3. The van der Waals surface area contributed by atoms with Crippen LogP contribution in [-0.2, 0) is 4.79 Å². The van der Waals surface area contributed by atoms with E-state index in [0.29, 0.717) is 11.7 Å². The molecule has 0 radical (unpaired) electrons. The zero-order chi connectivity index (χ0) is 24.5. The Morgan fingerprint density at radius 3 is 2.29 bits per heavy atom. The molecule has 0 amide bonds. The largest absolute Gasteiger partial charge is 0.426 e. The quantitative estimate of drug-likeness (QED) is 0.231. The van der Waals surface area contributed by atoms with Gasteiger partial charge in [-0.2, -0.15) is 9.65 Å².